The molecule has 2 N–H and O–H groups in total. The number of hydrogen-bond donors (Lipinski definition) is 2. The molecule has 0 saturated heterocycles. The number of ether oxygens (including phenoxy) is 1. The molecule has 1 aromatic rings. The van der Waals surface area contributed by atoms with Gasteiger partial charge in [-0.25, -0.2) is 0 Å². The van der Waals surface area contributed by atoms with Gasteiger partial charge in [-0.1, -0.05) is 26.0 Å². The van der Waals surface area contributed by atoms with Crippen LogP contribution in [0.2, 0.25) is 0 Å². The van der Waals surface area contributed by atoms with E-state index in [0.29, 0.717) is 5.75 Å². The molecule has 1 unspecified atom stereocenters. The van der Waals surface area contributed by atoms with Crippen LogP contribution in [0.15, 0.2) is 24.3 Å². The van der Waals surface area contributed by atoms with Crippen molar-refractivity contribution in [3.8, 4) is 5.75 Å². The summed E-state index contributed by atoms with van der Waals surface area (Å²) in [6.45, 7) is 5.91. The average molecular weight is 224 g/mol. The molecule has 1 rings (SSSR count). The Morgan fingerprint density at radius 3 is 2.62 bits per heavy atom. The molecule has 0 aromatic heterocycles. The van der Waals surface area contributed by atoms with Crippen molar-refractivity contribution in [1.82, 2.24) is 0 Å². The highest BCUT2D eigenvalue weighted by molar-refractivity contribution is 5.28. The molecule has 0 aliphatic rings. The Labute approximate surface area is 96.7 Å². The smallest absolute Gasteiger partial charge is 0.119 e. The molecule has 0 bridgehead atoms. The molecule has 0 aliphatic carbocycles. The van der Waals surface area contributed by atoms with Gasteiger partial charge in [-0.15, -0.1) is 0 Å². The Hall–Kier alpha value is -1.06. The van der Waals surface area contributed by atoms with Crippen molar-refractivity contribution in [2.75, 3.05) is 6.61 Å². The van der Waals surface area contributed by atoms with Gasteiger partial charge in [-0.05, 0) is 30.5 Å². The van der Waals surface area contributed by atoms with E-state index in [4.69, 9.17) is 9.84 Å². The van der Waals surface area contributed by atoms with Crippen LogP contribution in [-0.2, 0) is 6.61 Å². The van der Waals surface area contributed by atoms with Crippen molar-refractivity contribution in [3.05, 3.63) is 29.8 Å². The van der Waals surface area contributed by atoms with Gasteiger partial charge in [-0.3, -0.25) is 0 Å². The van der Waals surface area contributed by atoms with Crippen molar-refractivity contribution >= 4 is 0 Å². The monoisotopic (exact) mass is 224 g/mol. The summed E-state index contributed by atoms with van der Waals surface area (Å²) in [5.41, 5.74) is -0.0310. The van der Waals surface area contributed by atoms with Gasteiger partial charge in [0.1, 0.15) is 12.4 Å². The first-order valence-corrected chi connectivity index (χ1v) is 5.50. The zero-order valence-electron chi connectivity index (χ0n) is 10.1. The van der Waals surface area contributed by atoms with Crippen LogP contribution in [0.25, 0.3) is 0 Å². The van der Waals surface area contributed by atoms with Crippen LogP contribution in [0, 0.1) is 5.92 Å². The zero-order chi connectivity index (χ0) is 12.2. The summed E-state index contributed by atoms with van der Waals surface area (Å²) >= 11 is 0. The molecule has 0 radical (unpaired) electrons. The summed E-state index contributed by atoms with van der Waals surface area (Å²) in [7, 11) is 0. The van der Waals surface area contributed by atoms with Gasteiger partial charge in [-0.2, -0.15) is 0 Å². The average Bonchev–Trinajstić information content (AvgIpc) is 2.26. The summed E-state index contributed by atoms with van der Waals surface area (Å²) in [6.07, 6.45) is 0. The fourth-order valence-corrected chi connectivity index (χ4v) is 1.13. The standard InChI is InChI=1S/C13H20O3/c1-10(2)13(3,15)9-16-12-6-4-5-11(7-12)8-14/h4-7,10,14-15H,8-9H2,1-3H3. The van der Waals surface area contributed by atoms with E-state index in [0.717, 1.165) is 5.56 Å². The molecule has 1 aromatic carbocycles. The number of aliphatic hydroxyl groups excluding tert-OH is 1. The van der Waals surface area contributed by atoms with E-state index in [9.17, 15) is 5.11 Å². The van der Waals surface area contributed by atoms with E-state index in [1.165, 1.54) is 0 Å². The van der Waals surface area contributed by atoms with Crippen LogP contribution in [0.3, 0.4) is 0 Å². The highest BCUT2D eigenvalue weighted by atomic mass is 16.5. The topological polar surface area (TPSA) is 49.7 Å². The van der Waals surface area contributed by atoms with Gasteiger partial charge in [0, 0.05) is 0 Å². The Morgan fingerprint density at radius 2 is 2.06 bits per heavy atom. The molecule has 90 valence electrons. The lowest BCUT2D eigenvalue weighted by Crippen LogP contribution is -2.37. The molecule has 0 fully saturated rings. The molecule has 3 heteroatoms. The van der Waals surface area contributed by atoms with Crippen LogP contribution >= 0.6 is 0 Å². The molecule has 16 heavy (non-hydrogen) atoms. The summed E-state index contributed by atoms with van der Waals surface area (Å²) in [4.78, 5) is 0. The van der Waals surface area contributed by atoms with Crippen LogP contribution in [0.5, 0.6) is 5.75 Å². The molecule has 1 atom stereocenters. The van der Waals surface area contributed by atoms with E-state index < -0.39 is 5.60 Å². The minimum absolute atomic E-state index is 0.00221. The van der Waals surface area contributed by atoms with E-state index in [1.54, 1.807) is 13.0 Å². The predicted octanol–water partition coefficient (Wildman–Crippen LogP) is 1.96. The first-order valence-electron chi connectivity index (χ1n) is 5.50. The number of aliphatic hydroxyl groups is 2. The molecule has 0 aliphatic heterocycles. The maximum Gasteiger partial charge on any atom is 0.119 e. The third-order valence-corrected chi connectivity index (χ3v) is 2.86. The molecular weight excluding hydrogens is 204 g/mol. The first-order chi connectivity index (χ1) is 7.45. The maximum absolute atomic E-state index is 10.0. The normalized spacial score (nSPS) is 14.9. The van der Waals surface area contributed by atoms with Gasteiger partial charge in [0.05, 0.1) is 12.2 Å². The fraction of sp³-hybridized carbons (Fsp3) is 0.538. The highest BCUT2D eigenvalue weighted by Gasteiger charge is 2.25. The minimum Gasteiger partial charge on any atom is -0.491 e. The maximum atomic E-state index is 10.0. The van der Waals surface area contributed by atoms with Gasteiger partial charge in [0.15, 0.2) is 0 Å². The number of rotatable bonds is 5. The second-order valence-electron chi connectivity index (χ2n) is 4.61. The summed E-state index contributed by atoms with van der Waals surface area (Å²) in [5.74, 6) is 0.806. The van der Waals surface area contributed by atoms with E-state index in [1.807, 2.05) is 32.0 Å². The van der Waals surface area contributed by atoms with Crippen molar-refractivity contribution in [2.24, 2.45) is 5.92 Å². The van der Waals surface area contributed by atoms with Crippen molar-refractivity contribution in [1.29, 1.82) is 0 Å². The first kappa shape index (κ1) is 13.0. The fourth-order valence-electron chi connectivity index (χ4n) is 1.13. The molecule has 0 heterocycles. The largest absolute Gasteiger partial charge is 0.491 e. The SMILES string of the molecule is CC(C)C(C)(O)COc1cccc(CO)c1. The van der Waals surface area contributed by atoms with Gasteiger partial charge >= 0.3 is 0 Å². The lowest BCUT2D eigenvalue weighted by molar-refractivity contribution is -0.0266. The summed E-state index contributed by atoms with van der Waals surface area (Å²) < 4.78 is 5.51. The molecular formula is C13H20O3. The molecule has 0 saturated carbocycles. The quantitative estimate of drug-likeness (QED) is 0.804. The molecule has 0 spiro atoms. The lowest BCUT2D eigenvalue weighted by atomic mass is 9.94. The second kappa shape index (κ2) is 5.32. The Kier molecular flexibility index (Phi) is 4.33. The van der Waals surface area contributed by atoms with Crippen LogP contribution < -0.4 is 4.74 Å². The molecule has 0 amide bonds. The van der Waals surface area contributed by atoms with Crippen molar-refractivity contribution in [2.45, 2.75) is 33.0 Å². The van der Waals surface area contributed by atoms with Gasteiger partial charge in [0.2, 0.25) is 0 Å². The summed E-state index contributed by atoms with van der Waals surface area (Å²) in [6, 6.07) is 7.24. The number of benzene rings is 1. The highest BCUT2D eigenvalue weighted by Crippen LogP contribution is 2.19. The Morgan fingerprint density at radius 1 is 1.38 bits per heavy atom. The third kappa shape index (κ3) is 3.51. The Balaban J connectivity index is 2.60. The minimum atomic E-state index is -0.838. The van der Waals surface area contributed by atoms with E-state index in [-0.39, 0.29) is 19.1 Å². The van der Waals surface area contributed by atoms with E-state index >= 15 is 0 Å². The van der Waals surface area contributed by atoms with Gasteiger partial charge < -0.3 is 14.9 Å². The molecule has 3 nitrogen and oxygen atoms in total. The summed E-state index contributed by atoms with van der Waals surface area (Å²) in [5, 5.41) is 19.0. The Bertz CT molecular complexity index is 332. The van der Waals surface area contributed by atoms with Crippen molar-refractivity contribution < 1.29 is 14.9 Å². The second-order valence-corrected chi connectivity index (χ2v) is 4.61. The van der Waals surface area contributed by atoms with Crippen LogP contribution in [0.1, 0.15) is 26.3 Å². The van der Waals surface area contributed by atoms with Crippen LogP contribution in [0.4, 0.5) is 0 Å². The lowest BCUT2D eigenvalue weighted by Gasteiger charge is -2.27. The van der Waals surface area contributed by atoms with Crippen LogP contribution in [-0.4, -0.2) is 22.4 Å². The van der Waals surface area contributed by atoms with E-state index in [2.05, 4.69) is 0 Å². The third-order valence-electron chi connectivity index (χ3n) is 2.86. The zero-order valence-corrected chi connectivity index (χ0v) is 10.1. The van der Waals surface area contributed by atoms with Gasteiger partial charge in [0.25, 0.3) is 0 Å². The number of hydrogen-bond acceptors (Lipinski definition) is 3. The predicted molar refractivity (Wildman–Crippen MR) is 63.3 cm³/mol. The van der Waals surface area contributed by atoms with Crippen molar-refractivity contribution in [3.63, 3.8) is 0 Å².